The average Bonchev–Trinajstić information content (AvgIpc) is 2.15. The van der Waals surface area contributed by atoms with Crippen molar-refractivity contribution in [2.45, 2.75) is 43.7 Å². The lowest BCUT2D eigenvalue weighted by Crippen LogP contribution is -2.58. The fraction of sp³-hybridized carbons (Fsp3) is 0.889. The summed E-state index contributed by atoms with van der Waals surface area (Å²) in [5.74, 6) is -11.3. The molecule has 1 N–H and O–H groups in total. The maximum atomic E-state index is 13.2. The molecule has 0 heterocycles. The summed E-state index contributed by atoms with van der Waals surface area (Å²) in [7, 11) is 0. The van der Waals surface area contributed by atoms with Gasteiger partial charge in [0.25, 0.3) is 0 Å². The number of rotatable bonds is 2. The van der Waals surface area contributed by atoms with Crippen LogP contribution in [0.5, 0.6) is 0 Å². The third kappa shape index (κ3) is 2.14. The fourth-order valence-electron chi connectivity index (χ4n) is 1.98. The number of hydrogen-bond acceptors (Lipinski definition) is 1. The molecule has 0 radical (unpaired) electrons. The molecule has 1 fully saturated rings. The molecule has 9 heteroatoms. The van der Waals surface area contributed by atoms with Gasteiger partial charge in [-0.1, -0.05) is 0 Å². The number of carboxylic acids is 1. The molecule has 0 aliphatic heterocycles. The predicted octanol–water partition coefficient (Wildman–Crippen LogP) is 3.46. The van der Waals surface area contributed by atoms with E-state index in [4.69, 9.17) is 5.11 Å². The molecule has 1 rings (SSSR count). The Morgan fingerprint density at radius 1 is 0.944 bits per heavy atom. The molecule has 0 unspecified atom stereocenters. The van der Waals surface area contributed by atoms with Crippen molar-refractivity contribution in [2.75, 3.05) is 0 Å². The molecule has 0 aromatic carbocycles. The predicted molar refractivity (Wildman–Crippen MR) is 44.5 cm³/mol. The van der Waals surface area contributed by atoms with Gasteiger partial charge >= 0.3 is 18.1 Å². The number of halogens is 7. The van der Waals surface area contributed by atoms with Crippen LogP contribution in [0.4, 0.5) is 30.7 Å². The quantitative estimate of drug-likeness (QED) is 0.787. The Balaban J connectivity index is 3.16. The minimum Gasteiger partial charge on any atom is -0.481 e. The first-order chi connectivity index (χ1) is 7.86. The fourth-order valence-corrected chi connectivity index (χ4v) is 1.98. The molecule has 0 amide bonds. The largest absolute Gasteiger partial charge is 0.481 e. The van der Waals surface area contributed by atoms with Crippen LogP contribution in [0.1, 0.15) is 25.7 Å². The molecule has 0 atom stereocenters. The maximum absolute atomic E-state index is 13.2. The maximum Gasteiger partial charge on any atom is 0.454 e. The SMILES string of the molecule is O=C(O)C1(C(F)(F)C(F)(F)F)CCC(F)(F)CC1. The van der Waals surface area contributed by atoms with Crippen molar-refractivity contribution in [3.05, 3.63) is 0 Å². The standard InChI is InChI=1S/C9H9F7O2/c10-7(11)3-1-6(2-4-7,5(17)18)8(12,13)9(14,15)16/h1-4H2,(H,17,18). The van der Waals surface area contributed by atoms with Crippen LogP contribution in [0, 0.1) is 5.41 Å². The van der Waals surface area contributed by atoms with E-state index in [0.717, 1.165) is 0 Å². The van der Waals surface area contributed by atoms with Gasteiger partial charge in [0, 0.05) is 12.8 Å². The first-order valence-electron chi connectivity index (χ1n) is 4.91. The smallest absolute Gasteiger partial charge is 0.454 e. The molecule has 1 saturated carbocycles. The van der Waals surface area contributed by atoms with Gasteiger partial charge in [-0.15, -0.1) is 0 Å². The molecule has 106 valence electrons. The van der Waals surface area contributed by atoms with Crippen molar-refractivity contribution in [1.82, 2.24) is 0 Å². The highest BCUT2D eigenvalue weighted by Gasteiger charge is 2.74. The minimum atomic E-state index is -6.09. The van der Waals surface area contributed by atoms with Crippen LogP contribution in [-0.2, 0) is 4.79 Å². The van der Waals surface area contributed by atoms with Gasteiger partial charge in [-0.05, 0) is 12.8 Å². The number of alkyl halides is 7. The van der Waals surface area contributed by atoms with Crippen LogP contribution in [0.15, 0.2) is 0 Å². The van der Waals surface area contributed by atoms with Gasteiger partial charge in [-0.2, -0.15) is 22.0 Å². The Kier molecular flexibility index (Phi) is 3.33. The number of carbonyl (C=O) groups is 1. The third-order valence-corrected chi connectivity index (χ3v) is 3.20. The minimum absolute atomic E-state index is 1.30. The molecule has 2 nitrogen and oxygen atoms in total. The van der Waals surface area contributed by atoms with E-state index in [1.165, 1.54) is 0 Å². The van der Waals surface area contributed by atoms with E-state index in [1.807, 2.05) is 0 Å². The number of hydrogen-bond donors (Lipinski definition) is 1. The zero-order valence-corrected chi connectivity index (χ0v) is 8.83. The molecule has 0 aromatic heterocycles. The Hall–Kier alpha value is -1.02. The average molecular weight is 282 g/mol. The number of aliphatic carboxylic acids is 1. The second-order valence-corrected chi connectivity index (χ2v) is 4.32. The van der Waals surface area contributed by atoms with Gasteiger partial charge in [0.15, 0.2) is 0 Å². The molecular formula is C9H9F7O2. The van der Waals surface area contributed by atoms with E-state index in [2.05, 4.69) is 0 Å². The molecule has 0 saturated heterocycles. The monoisotopic (exact) mass is 282 g/mol. The molecule has 1 aliphatic carbocycles. The normalized spacial score (nSPS) is 23.7. The van der Waals surface area contributed by atoms with Crippen LogP contribution in [0.3, 0.4) is 0 Å². The highest BCUT2D eigenvalue weighted by atomic mass is 19.4. The van der Waals surface area contributed by atoms with Crippen LogP contribution in [0.25, 0.3) is 0 Å². The Labute approximate surface area is 96.8 Å². The summed E-state index contributed by atoms with van der Waals surface area (Å²) in [5.41, 5.74) is -3.51. The summed E-state index contributed by atoms with van der Waals surface area (Å²) in [6.07, 6.45) is -11.5. The van der Waals surface area contributed by atoms with Gasteiger partial charge in [-0.3, -0.25) is 4.79 Å². The van der Waals surface area contributed by atoms with E-state index in [-0.39, 0.29) is 0 Å². The Morgan fingerprint density at radius 2 is 1.33 bits per heavy atom. The summed E-state index contributed by atoms with van der Waals surface area (Å²) >= 11 is 0. The second kappa shape index (κ2) is 3.99. The van der Waals surface area contributed by atoms with Gasteiger partial charge in [-0.25, -0.2) is 8.78 Å². The van der Waals surface area contributed by atoms with Crippen LogP contribution >= 0.6 is 0 Å². The highest BCUT2D eigenvalue weighted by Crippen LogP contribution is 2.57. The topological polar surface area (TPSA) is 37.3 Å². The van der Waals surface area contributed by atoms with Gasteiger partial charge in [0.05, 0.1) is 0 Å². The van der Waals surface area contributed by atoms with Crippen LogP contribution < -0.4 is 0 Å². The van der Waals surface area contributed by atoms with Gasteiger partial charge < -0.3 is 5.11 Å². The lowest BCUT2D eigenvalue weighted by atomic mass is 9.68. The summed E-state index contributed by atoms with van der Waals surface area (Å²) < 4.78 is 88.6. The summed E-state index contributed by atoms with van der Waals surface area (Å²) in [5, 5.41) is 8.63. The zero-order chi connectivity index (χ0) is 14.4. The third-order valence-electron chi connectivity index (χ3n) is 3.20. The summed E-state index contributed by atoms with van der Waals surface area (Å²) in [6.45, 7) is 0. The lowest BCUT2D eigenvalue weighted by molar-refractivity contribution is -0.331. The summed E-state index contributed by atoms with van der Waals surface area (Å²) in [6, 6.07) is 0. The van der Waals surface area contributed by atoms with Crippen molar-refractivity contribution in [3.63, 3.8) is 0 Å². The zero-order valence-electron chi connectivity index (χ0n) is 8.83. The van der Waals surface area contributed by atoms with E-state index in [1.54, 1.807) is 0 Å². The van der Waals surface area contributed by atoms with Gasteiger partial charge in [0.2, 0.25) is 5.92 Å². The van der Waals surface area contributed by atoms with Crippen LogP contribution in [-0.4, -0.2) is 29.1 Å². The van der Waals surface area contributed by atoms with Gasteiger partial charge in [0.1, 0.15) is 5.41 Å². The van der Waals surface area contributed by atoms with E-state index in [0.29, 0.717) is 0 Å². The van der Waals surface area contributed by atoms with Crippen molar-refractivity contribution in [1.29, 1.82) is 0 Å². The first kappa shape index (κ1) is 15.0. The molecule has 0 bridgehead atoms. The second-order valence-electron chi connectivity index (χ2n) is 4.32. The van der Waals surface area contributed by atoms with E-state index >= 15 is 0 Å². The number of carboxylic acid groups (broad SMARTS) is 1. The van der Waals surface area contributed by atoms with Crippen molar-refractivity contribution in [2.24, 2.45) is 5.41 Å². The molecule has 18 heavy (non-hydrogen) atoms. The highest BCUT2D eigenvalue weighted by molar-refractivity contribution is 5.76. The Morgan fingerprint density at radius 3 is 1.61 bits per heavy atom. The molecular weight excluding hydrogens is 273 g/mol. The van der Waals surface area contributed by atoms with Crippen molar-refractivity contribution < 1.29 is 40.6 Å². The van der Waals surface area contributed by atoms with Crippen LogP contribution in [0.2, 0.25) is 0 Å². The van der Waals surface area contributed by atoms with Crippen molar-refractivity contribution in [3.8, 4) is 0 Å². The van der Waals surface area contributed by atoms with E-state index < -0.39 is 55.1 Å². The molecule has 0 aromatic rings. The Bertz CT molecular complexity index is 337. The first-order valence-corrected chi connectivity index (χ1v) is 4.91. The lowest BCUT2D eigenvalue weighted by Gasteiger charge is -2.42. The van der Waals surface area contributed by atoms with Crippen molar-refractivity contribution >= 4 is 5.97 Å². The molecule has 0 spiro atoms. The molecule has 1 aliphatic rings. The van der Waals surface area contributed by atoms with E-state index in [9.17, 15) is 35.5 Å². The summed E-state index contributed by atoms with van der Waals surface area (Å²) in [4.78, 5) is 10.8.